The molecule has 6 heteroatoms. The molecule has 2 unspecified atom stereocenters. The minimum atomic E-state index is -0.664. The minimum absolute atomic E-state index is 0.00941. The Morgan fingerprint density at radius 2 is 0.575 bits per heavy atom. The van der Waals surface area contributed by atoms with E-state index < -0.39 is 12.1 Å². The Morgan fingerprint density at radius 3 is 0.897 bits per heavy atom. The van der Waals surface area contributed by atoms with Crippen LogP contribution in [0.3, 0.4) is 0 Å². The molecule has 0 spiro atoms. The van der Waals surface area contributed by atoms with Crippen molar-refractivity contribution in [3.63, 3.8) is 0 Å². The van der Waals surface area contributed by atoms with Gasteiger partial charge in [0, 0.05) is 12.8 Å². The van der Waals surface area contributed by atoms with Crippen molar-refractivity contribution < 1.29 is 24.5 Å². The SMILES string of the molecule is CCCCC/C=C\C/C=C\CCCCCCCCCC(=O)OCCCCCCCCCCCCC/C=C\C/C=C\CCCCCCCCCCCCCCCCCCCC(=O)NC(CO)C(O)CCCCCCCCCCCCCCCCCCCC. The maximum atomic E-state index is 12.5. The number of unbranched alkanes of at least 4 members (excludes halogenated alkanes) is 55. The van der Waals surface area contributed by atoms with Gasteiger partial charge in [0.25, 0.3) is 0 Å². The zero-order valence-corrected chi connectivity index (χ0v) is 58.8. The maximum absolute atomic E-state index is 12.5. The molecule has 0 rings (SSSR count). The Morgan fingerprint density at radius 1 is 0.322 bits per heavy atom. The molecule has 512 valence electrons. The fourth-order valence-electron chi connectivity index (χ4n) is 12.4. The fourth-order valence-corrected chi connectivity index (χ4v) is 12.4. The fraction of sp³-hybridized carbons (Fsp3) is 0.877. The topological polar surface area (TPSA) is 95.9 Å². The number of aliphatic hydroxyl groups is 2. The maximum Gasteiger partial charge on any atom is 0.305 e. The smallest absolute Gasteiger partial charge is 0.305 e. The van der Waals surface area contributed by atoms with E-state index in [0.29, 0.717) is 25.9 Å². The standard InChI is InChI=1S/C81H153NO5/c1-3-5-7-9-11-13-15-17-19-21-42-45-49-53-57-61-65-69-73-79(84)78(77-83)82-80(85)74-70-66-62-58-54-50-46-43-39-37-35-33-31-29-27-25-23-22-24-26-28-30-32-34-36-38-40-44-48-52-56-60-64-68-72-76-87-81(86)75-71-67-63-59-55-51-47-41-20-18-16-14-12-10-8-6-4-2/h12,14,18,20,24,26,30,32,78-79,83-84H,3-11,13,15-17,19,21-23,25,27-29,31,33-77H2,1-2H3,(H,82,85)/b14-12-,20-18-,26-24-,32-30-. The molecule has 0 radical (unpaired) electrons. The first-order valence-electron chi connectivity index (χ1n) is 39.4. The highest BCUT2D eigenvalue weighted by Crippen LogP contribution is 2.19. The molecule has 0 fully saturated rings. The summed E-state index contributed by atoms with van der Waals surface area (Å²) in [6, 6.07) is -0.541. The normalized spacial score (nSPS) is 12.7. The number of allylic oxidation sites excluding steroid dienone is 8. The van der Waals surface area contributed by atoms with E-state index in [9.17, 15) is 19.8 Å². The van der Waals surface area contributed by atoms with Crippen LogP contribution in [-0.4, -0.2) is 47.4 Å². The van der Waals surface area contributed by atoms with Gasteiger partial charge in [-0.3, -0.25) is 9.59 Å². The third-order valence-electron chi connectivity index (χ3n) is 18.4. The molecule has 0 aliphatic rings. The zero-order valence-electron chi connectivity index (χ0n) is 58.8. The lowest BCUT2D eigenvalue weighted by atomic mass is 10.0. The predicted molar refractivity (Wildman–Crippen MR) is 384 cm³/mol. The number of hydrogen-bond acceptors (Lipinski definition) is 5. The molecule has 2 atom stereocenters. The second-order valence-electron chi connectivity index (χ2n) is 27.0. The van der Waals surface area contributed by atoms with Crippen LogP contribution in [0.1, 0.15) is 431 Å². The third kappa shape index (κ3) is 72.8. The van der Waals surface area contributed by atoms with Gasteiger partial charge in [-0.1, -0.05) is 377 Å². The van der Waals surface area contributed by atoms with Crippen LogP contribution in [-0.2, 0) is 14.3 Å². The first kappa shape index (κ1) is 84.8. The van der Waals surface area contributed by atoms with Gasteiger partial charge in [0.05, 0.1) is 25.4 Å². The van der Waals surface area contributed by atoms with Gasteiger partial charge in [-0.05, 0) is 89.9 Å². The van der Waals surface area contributed by atoms with Crippen LogP contribution in [0.5, 0.6) is 0 Å². The second-order valence-corrected chi connectivity index (χ2v) is 27.0. The molecular weight excluding hydrogens is 1070 g/mol. The van der Waals surface area contributed by atoms with Crippen molar-refractivity contribution in [2.45, 2.75) is 443 Å². The van der Waals surface area contributed by atoms with Crippen LogP contribution >= 0.6 is 0 Å². The summed E-state index contributed by atoms with van der Waals surface area (Å²) in [5.41, 5.74) is 0. The van der Waals surface area contributed by atoms with Gasteiger partial charge in [0.15, 0.2) is 0 Å². The highest BCUT2D eigenvalue weighted by Gasteiger charge is 2.20. The van der Waals surface area contributed by atoms with E-state index in [0.717, 1.165) is 57.8 Å². The molecular formula is C81H153NO5. The largest absolute Gasteiger partial charge is 0.466 e. The van der Waals surface area contributed by atoms with E-state index in [1.807, 2.05) is 0 Å². The molecule has 0 aromatic rings. The van der Waals surface area contributed by atoms with Gasteiger partial charge in [0.1, 0.15) is 0 Å². The molecule has 1 amide bonds. The van der Waals surface area contributed by atoms with Gasteiger partial charge in [-0.15, -0.1) is 0 Å². The summed E-state index contributed by atoms with van der Waals surface area (Å²) in [7, 11) is 0. The summed E-state index contributed by atoms with van der Waals surface area (Å²) in [6.07, 6.45) is 101. The number of ether oxygens (including phenoxy) is 1. The number of hydrogen-bond donors (Lipinski definition) is 3. The monoisotopic (exact) mass is 1220 g/mol. The van der Waals surface area contributed by atoms with Crippen LogP contribution in [0, 0.1) is 0 Å². The highest BCUT2D eigenvalue weighted by atomic mass is 16.5. The predicted octanol–water partition coefficient (Wildman–Crippen LogP) is 26.0. The number of aliphatic hydroxyl groups excluding tert-OH is 2. The van der Waals surface area contributed by atoms with Crippen LogP contribution in [0.2, 0.25) is 0 Å². The van der Waals surface area contributed by atoms with Gasteiger partial charge in [-0.25, -0.2) is 0 Å². The van der Waals surface area contributed by atoms with Crippen molar-refractivity contribution in [2.24, 2.45) is 0 Å². The number of carbonyl (C=O) groups excluding carboxylic acids is 2. The Labute approximate surface area is 544 Å². The van der Waals surface area contributed by atoms with Crippen LogP contribution in [0.4, 0.5) is 0 Å². The number of rotatable bonds is 74. The molecule has 0 aliphatic heterocycles. The zero-order chi connectivity index (χ0) is 62.8. The molecule has 3 N–H and O–H groups in total. The minimum Gasteiger partial charge on any atom is -0.466 e. The second kappa shape index (κ2) is 76.3. The van der Waals surface area contributed by atoms with Gasteiger partial charge in [-0.2, -0.15) is 0 Å². The first-order chi connectivity index (χ1) is 43.0. The van der Waals surface area contributed by atoms with E-state index in [1.165, 1.54) is 340 Å². The number of esters is 1. The van der Waals surface area contributed by atoms with E-state index in [2.05, 4.69) is 67.8 Å². The van der Waals surface area contributed by atoms with Crippen molar-refractivity contribution in [2.75, 3.05) is 13.2 Å². The number of amides is 1. The Bertz CT molecular complexity index is 1450. The van der Waals surface area contributed by atoms with Gasteiger partial charge >= 0.3 is 5.97 Å². The van der Waals surface area contributed by atoms with Crippen molar-refractivity contribution in [3.05, 3.63) is 48.6 Å². The lowest BCUT2D eigenvalue weighted by Crippen LogP contribution is -2.45. The number of carbonyl (C=O) groups is 2. The lowest BCUT2D eigenvalue weighted by molar-refractivity contribution is -0.143. The Balaban J connectivity index is 3.37. The summed E-state index contributed by atoms with van der Waals surface area (Å²) in [6.45, 7) is 4.96. The number of nitrogens with one attached hydrogen (secondary N) is 1. The van der Waals surface area contributed by atoms with Crippen LogP contribution in [0.25, 0.3) is 0 Å². The Hall–Kier alpha value is -2.18. The van der Waals surface area contributed by atoms with Gasteiger partial charge < -0.3 is 20.3 Å². The summed E-state index contributed by atoms with van der Waals surface area (Å²) in [5.74, 6) is -0.0194. The lowest BCUT2D eigenvalue weighted by Gasteiger charge is -2.22. The molecule has 0 saturated heterocycles. The van der Waals surface area contributed by atoms with Crippen LogP contribution in [0.15, 0.2) is 48.6 Å². The molecule has 0 bridgehead atoms. The van der Waals surface area contributed by atoms with Crippen molar-refractivity contribution in [1.29, 1.82) is 0 Å². The summed E-state index contributed by atoms with van der Waals surface area (Å²) >= 11 is 0. The third-order valence-corrected chi connectivity index (χ3v) is 18.4. The molecule has 0 saturated carbocycles. The molecule has 87 heavy (non-hydrogen) atoms. The molecule has 6 nitrogen and oxygen atoms in total. The average Bonchev–Trinajstić information content (AvgIpc) is 3.53. The quantitative estimate of drug-likeness (QED) is 0.0320. The summed E-state index contributed by atoms with van der Waals surface area (Å²) in [4.78, 5) is 24.6. The van der Waals surface area contributed by atoms with Gasteiger partial charge in [0.2, 0.25) is 5.91 Å². The highest BCUT2D eigenvalue weighted by molar-refractivity contribution is 5.76. The molecule has 0 aromatic carbocycles. The average molecular weight is 1220 g/mol. The van der Waals surface area contributed by atoms with E-state index >= 15 is 0 Å². The van der Waals surface area contributed by atoms with Crippen molar-refractivity contribution >= 4 is 11.9 Å². The molecule has 0 heterocycles. The van der Waals surface area contributed by atoms with E-state index in [1.54, 1.807) is 0 Å². The van der Waals surface area contributed by atoms with Crippen molar-refractivity contribution in [1.82, 2.24) is 5.32 Å². The molecule has 0 aliphatic carbocycles. The van der Waals surface area contributed by atoms with Crippen LogP contribution < -0.4 is 5.32 Å². The first-order valence-corrected chi connectivity index (χ1v) is 39.4. The molecule has 0 aromatic heterocycles. The summed E-state index contributed by atoms with van der Waals surface area (Å²) in [5, 5.41) is 23.4. The summed E-state index contributed by atoms with van der Waals surface area (Å²) < 4.78 is 5.50. The van der Waals surface area contributed by atoms with E-state index in [4.69, 9.17) is 4.74 Å². The van der Waals surface area contributed by atoms with Crippen molar-refractivity contribution in [3.8, 4) is 0 Å². The van der Waals surface area contributed by atoms with E-state index in [-0.39, 0.29) is 18.5 Å². The Kier molecular flexibility index (Phi) is 74.4.